The summed E-state index contributed by atoms with van der Waals surface area (Å²) in [5.74, 6) is 2.59. The predicted molar refractivity (Wildman–Crippen MR) is 107 cm³/mol. The summed E-state index contributed by atoms with van der Waals surface area (Å²) in [6, 6.07) is 12.4. The largest absolute Gasteiger partial charge is 0.493 e. The average molecular weight is 349 g/mol. The first-order valence-corrected chi connectivity index (χ1v) is 9.48. The number of imidazole rings is 1. The minimum Gasteiger partial charge on any atom is -0.493 e. The Morgan fingerprint density at radius 2 is 1.85 bits per heavy atom. The third kappa shape index (κ3) is 3.34. The molecule has 1 aliphatic heterocycles. The molecule has 3 aromatic rings. The number of aromatic amines is 1. The van der Waals surface area contributed by atoms with E-state index < -0.39 is 0 Å². The van der Waals surface area contributed by atoms with Gasteiger partial charge in [-0.3, -0.25) is 0 Å². The second-order valence-corrected chi connectivity index (χ2v) is 7.52. The van der Waals surface area contributed by atoms with Crippen molar-refractivity contribution >= 4 is 11.0 Å². The van der Waals surface area contributed by atoms with Crippen molar-refractivity contribution in [1.82, 2.24) is 14.9 Å². The van der Waals surface area contributed by atoms with Gasteiger partial charge in [-0.15, -0.1) is 0 Å². The normalized spacial score (nSPS) is 16.3. The van der Waals surface area contributed by atoms with E-state index in [4.69, 9.17) is 9.72 Å². The molecule has 26 heavy (non-hydrogen) atoms. The Labute approximate surface area is 155 Å². The smallest absolute Gasteiger partial charge is 0.138 e. The molecule has 4 rings (SSSR count). The third-order valence-electron chi connectivity index (χ3n) is 5.69. The fourth-order valence-electron chi connectivity index (χ4n) is 3.73. The highest BCUT2D eigenvalue weighted by Gasteiger charge is 2.18. The SMILES string of the molecule is Cc1c(OCC2CCN(C)CC2)ccc(-c2nc3ccccc3[nH]2)c1C. The molecule has 4 nitrogen and oxygen atoms in total. The van der Waals surface area contributed by atoms with Crippen molar-refractivity contribution in [3.05, 3.63) is 47.5 Å². The summed E-state index contributed by atoms with van der Waals surface area (Å²) in [4.78, 5) is 10.6. The molecule has 0 amide bonds. The Kier molecular flexibility index (Phi) is 4.68. The van der Waals surface area contributed by atoms with Gasteiger partial charge < -0.3 is 14.6 Å². The number of hydrogen-bond donors (Lipinski definition) is 1. The zero-order valence-electron chi connectivity index (χ0n) is 15.9. The molecule has 0 atom stereocenters. The highest BCUT2D eigenvalue weighted by molar-refractivity contribution is 5.80. The zero-order chi connectivity index (χ0) is 18.1. The van der Waals surface area contributed by atoms with Gasteiger partial charge in [0.15, 0.2) is 0 Å². The number of rotatable bonds is 4. The monoisotopic (exact) mass is 349 g/mol. The number of hydrogen-bond acceptors (Lipinski definition) is 3. The Balaban J connectivity index is 1.53. The van der Waals surface area contributed by atoms with E-state index in [2.05, 4.69) is 49.0 Å². The summed E-state index contributed by atoms with van der Waals surface area (Å²) in [6.07, 6.45) is 2.46. The lowest BCUT2D eigenvalue weighted by Gasteiger charge is -2.29. The molecule has 4 heteroatoms. The molecule has 1 saturated heterocycles. The van der Waals surface area contributed by atoms with Crippen LogP contribution in [0.25, 0.3) is 22.4 Å². The van der Waals surface area contributed by atoms with Crippen LogP contribution in [0.1, 0.15) is 24.0 Å². The van der Waals surface area contributed by atoms with E-state index >= 15 is 0 Å². The number of para-hydroxylation sites is 2. The summed E-state index contributed by atoms with van der Waals surface area (Å²) < 4.78 is 6.19. The summed E-state index contributed by atoms with van der Waals surface area (Å²) in [5.41, 5.74) is 5.65. The summed E-state index contributed by atoms with van der Waals surface area (Å²) in [7, 11) is 2.20. The van der Waals surface area contributed by atoms with Crippen LogP contribution in [0.5, 0.6) is 5.75 Å². The molecule has 0 unspecified atom stereocenters. The Morgan fingerprint density at radius 1 is 1.08 bits per heavy atom. The van der Waals surface area contributed by atoms with Gasteiger partial charge in [0.05, 0.1) is 17.6 Å². The maximum atomic E-state index is 6.19. The highest BCUT2D eigenvalue weighted by Crippen LogP contribution is 2.31. The molecule has 1 aliphatic rings. The maximum Gasteiger partial charge on any atom is 0.138 e. The fraction of sp³-hybridized carbons (Fsp3) is 0.409. The first kappa shape index (κ1) is 17.1. The van der Waals surface area contributed by atoms with Crippen LogP contribution in [-0.2, 0) is 0 Å². The molecular weight excluding hydrogens is 322 g/mol. The fourth-order valence-corrected chi connectivity index (χ4v) is 3.73. The Bertz CT molecular complexity index is 874. The van der Waals surface area contributed by atoms with Crippen LogP contribution in [0.15, 0.2) is 36.4 Å². The number of ether oxygens (including phenoxy) is 1. The van der Waals surface area contributed by atoms with Crippen molar-refractivity contribution < 1.29 is 4.74 Å². The Morgan fingerprint density at radius 3 is 2.62 bits per heavy atom. The van der Waals surface area contributed by atoms with Gasteiger partial charge in [-0.25, -0.2) is 4.98 Å². The standard InChI is InChI=1S/C22H27N3O/c1-15-16(2)21(26-14-17-10-12-25(3)13-11-17)9-8-18(15)22-23-19-6-4-5-7-20(19)24-22/h4-9,17H,10-14H2,1-3H3,(H,23,24). The molecular formula is C22H27N3O. The number of aromatic nitrogens is 2. The number of piperidine rings is 1. The summed E-state index contributed by atoms with van der Waals surface area (Å²) in [6.45, 7) is 7.47. The number of H-pyrrole nitrogens is 1. The maximum absolute atomic E-state index is 6.19. The second kappa shape index (κ2) is 7.12. The van der Waals surface area contributed by atoms with Crippen LogP contribution in [0.4, 0.5) is 0 Å². The van der Waals surface area contributed by atoms with Gasteiger partial charge in [0, 0.05) is 5.56 Å². The summed E-state index contributed by atoms with van der Waals surface area (Å²) in [5, 5.41) is 0. The molecule has 2 heterocycles. The molecule has 0 saturated carbocycles. The quantitative estimate of drug-likeness (QED) is 0.750. The zero-order valence-corrected chi connectivity index (χ0v) is 15.9. The molecule has 136 valence electrons. The van der Waals surface area contributed by atoms with Crippen molar-refractivity contribution in [2.45, 2.75) is 26.7 Å². The van der Waals surface area contributed by atoms with Gasteiger partial charge in [0.2, 0.25) is 0 Å². The minimum atomic E-state index is 0.668. The van der Waals surface area contributed by atoms with Gasteiger partial charge in [-0.2, -0.15) is 0 Å². The van der Waals surface area contributed by atoms with Gasteiger partial charge in [0.1, 0.15) is 11.6 Å². The number of nitrogens with one attached hydrogen (secondary N) is 1. The molecule has 1 fully saturated rings. The van der Waals surface area contributed by atoms with E-state index in [1.807, 2.05) is 18.2 Å². The second-order valence-electron chi connectivity index (χ2n) is 7.52. The molecule has 1 N–H and O–H groups in total. The number of benzene rings is 2. The lowest BCUT2D eigenvalue weighted by molar-refractivity contribution is 0.159. The van der Waals surface area contributed by atoms with Gasteiger partial charge in [-0.05, 0) is 88.1 Å². The molecule has 0 bridgehead atoms. The lowest BCUT2D eigenvalue weighted by atomic mass is 9.98. The van der Waals surface area contributed by atoms with Crippen LogP contribution in [0.3, 0.4) is 0 Å². The van der Waals surface area contributed by atoms with E-state index in [0.29, 0.717) is 5.92 Å². The van der Waals surface area contributed by atoms with E-state index in [1.54, 1.807) is 0 Å². The lowest BCUT2D eigenvalue weighted by Crippen LogP contribution is -2.32. The molecule has 1 aromatic heterocycles. The van der Waals surface area contributed by atoms with E-state index in [1.165, 1.54) is 37.1 Å². The predicted octanol–water partition coefficient (Wildman–Crippen LogP) is 4.57. The van der Waals surface area contributed by atoms with Gasteiger partial charge >= 0.3 is 0 Å². The molecule has 0 radical (unpaired) electrons. The van der Waals surface area contributed by atoms with E-state index in [0.717, 1.165) is 34.8 Å². The number of likely N-dealkylation sites (tertiary alicyclic amines) is 1. The van der Waals surface area contributed by atoms with Gasteiger partial charge in [0.25, 0.3) is 0 Å². The van der Waals surface area contributed by atoms with Crippen molar-refractivity contribution in [1.29, 1.82) is 0 Å². The van der Waals surface area contributed by atoms with Crippen LogP contribution in [0, 0.1) is 19.8 Å². The first-order valence-electron chi connectivity index (χ1n) is 9.48. The first-order chi connectivity index (χ1) is 12.6. The van der Waals surface area contributed by atoms with E-state index in [-0.39, 0.29) is 0 Å². The van der Waals surface area contributed by atoms with Crippen LogP contribution in [0.2, 0.25) is 0 Å². The van der Waals surface area contributed by atoms with E-state index in [9.17, 15) is 0 Å². The number of fused-ring (bicyclic) bond motifs is 1. The van der Waals surface area contributed by atoms with Crippen molar-refractivity contribution in [2.75, 3.05) is 26.7 Å². The minimum absolute atomic E-state index is 0.668. The number of nitrogens with zero attached hydrogens (tertiary/aromatic N) is 2. The van der Waals surface area contributed by atoms with Crippen molar-refractivity contribution in [2.24, 2.45) is 5.92 Å². The molecule has 2 aromatic carbocycles. The van der Waals surface area contributed by atoms with Crippen molar-refractivity contribution in [3.63, 3.8) is 0 Å². The van der Waals surface area contributed by atoms with Crippen LogP contribution < -0.4 is 4.74 Å². The van der Waals surface area contributed by atoms with Crippen LogP contribution in [-0.4, -0.2) is 41.6 Å². The third-order valence-corrected chi connectivity index (χ3v) is 5.69. The van der Waals surface area contributed by atoms with Gasteiger partial charge in [-0.1, -0.05) is 12.1 Å². The highest BCUT2D eigenvalue weighted by atomic mass is 16.5. The summed E-state index contributed by atoms with van der Waals surface area (Å²) >= 11 is 0. The molecule has 0 spiro atoms. The van der Waals surface area contributed by atoms with Crippen molar-refractivity contribution in [3.8, 4) is 17.1 Å². The molecule has 0 aliphatic carbocycles. The topological polar surface area (TPSA) is 41.1 Å². The van der Waals surface area contributed by atoms with Crippen LogP contribution >= 0.6 is 0 Å². The Hall–Kier alpha value is -2.33. The average Bonchev–Trinajstić information content (AvgIpc) is 3.08.